The van der Waals surface area contributed by atoms with Gasteiger partial charge in [-0.15, -0.1) is 0 Å². The first-order valence-corrected chi connectivity index (χ1v) is 10.7. The van der Waals surface area contributed by atoms with Crippen LogP contribution >= 0.6 is 11.6 Å². The SMILES string of the molecule is Cc1ccc(N2C(=O)C(Cl)=C(Nc3ccc(C(=O)Nc4cccc(C)c4C)cc3)C2=O)cc1. The van der Waals surface area contributed by atoms with Crippen molar-refractivity contribution in [3.63, 3.8) is 0 Å². The van der Waals surface area contributed by atoms with Crippen molar-refractivity contribution < 1.29 is 14.4 Å². The number of hydrogen-bond acceptors (Lipinski definition) is 4. The summed E-state index contributed by atoms with van der Waals surface area (Å²) in [7, 11) is 0. The average Bonchev–Trinajstić information content (AvgIpc) is 3.01. The normalized spacial score (nSPS) is 13.5. The monoisotopic (exact) mass is 459 g/mol. The molecule has 4 rings (SSSR count). The van der Waals surface area contributed by atoms with Gasteiger partial charge in [0.25, 0.3) is 17.7 Å². The molecule has 0 aromatic heterocycles. The number of imide groups is 1. The van der Waals surface area contributed by atoms with Gasteiger partial charge in [0.05, 0.1) is 5.69 Å². The van der Waals surface area contributed by atoms with E-state index in [-0.39, 0.29) is 16.6 Å². The number of amides is 3. The second kappa shape index (κ2) is 8.92. The van der Waals surface area contributed by atoms with Gasteiger partial charge in [-0.2, -0.15) is 0 Å². The molecule has 0 saturated heterocycles. The Morgan fingerprint density at radius 2 is 1.52 bits per heavy atom. The second-order valence-electron chi connectivity index (χ2n) is 7.87. The molecule has 0 atom stereocenters. The van der Waals surface area contributed by atoms with E-state index in [9.17, 15) is 14.4 Å². The van der Waals surface area contributed by atoms with Crippen molar-refractivity contribution in [2.75, 3.05) is 15.5 Å². The molecule has 3 aromatic carbocycles. The van der Waals surface area contributed by atoms with Gasteiger partial charge in [-0.25, -0.2) is 4.90 Å². The van der Waals surface area contributed by atoms with E-state index in [1.54, 1.807) is 36.4 Å². The maximum absolute atomic E-state index is 12.9. The van der Waals surface area contributed by atoms with E-state index in [1.807, 2.05) is 51.1 Å². The van der Waals surface area contributed by atoms with Crippen LogP contribution < -0.4 is 15.5 Å². The lowest BCUT2D eigenvalue weighted by atomic mass is 10.1. The Balaban J connectivity index is 1.49. The lowest BCUT2D eigenvalue weighted by Gasteiger charge is -2.15. The fourth-order valence-electron chi connectivity index (χ4n) is 3.47. The molecule has 7 heteroatoms. The standard InChI is InChI=1S/C26H22ClN3O3/c1-15-7-13-20(14-8-15)30-25(32)22(27)23(26(30)33)28-19-11-9-18(10-12-19)24(31)29-21-6-4-5-16(2)17(21)3/h4-14,28H,1-3H3,(H,29,31). The van der Waals surface area contributed by atoms with Crippen molar-refractivity contribution in [2.24, 2.45) is 0 Å². The van der Waals surface area contributed by atoms with Crippen molar-refractivity contribution in [3.8, 4) is 0 Å². The zero-order valence-electron chi connectivity index (χ0n) is 18.4. The third-order valence-corrected chi connectivity index (χ3v) is 5.94. The lowest BCUT2D eigenvalue weighted by Crippen LogP contribution is -2.32. The van der Waals surface area contributed by atoms with E-state index in [1.165, 1.54) is 0 Å². The van der Waals surface area contributed by atoms with E-state index in [4.69, 9.17) is 11.6 Å². The number of halogens is 1. The van der Waals surface area contributed by atoms with Crippen LogP contribution in [0.25, 0.3) is 0 Å². The van der Waals surface area contributed by atoms with E-state index < -0.39 is 11.8 Å². The van der Waals surface area contributed by atoms with Gasteiger partial charge >= 0.3 is 0 Å². The van der Waals surface area contributed by atoms with E-state index >= 15 is 0 Å². The van der Waals surface area contributed by atoms with Crippen molar-refractivity contribution in [1.82, 2.24) is 0 Å². The van der Waals surface area contributed by atoms with Gasteiger partial charge in [-0.1, -0.05) is 41.4 Å². The lowest BCUT2D eigenvalue weighted by molar-refractivity contribution is -0.120. The largest absolute Gasteiger partial charge is 0.350 e. The Morgan fingerprint density at radius 3 is 2.18 bits per heavy atom. The summed E-state index contributed by atoms with van der Waals surface area (Å²) < 4.78 is 0. The fourth-order valence-corrected chi connectivity index (χ4v) is 3.68. The Labute approximate surface area is 196 Å². The highest BCUT2D eigenvalue weighted by atomic mass is 35.5. The summed E-state index contributed by atoms with van der Waals surface area (Å²) in [5, 5.41) is 5.65. The molecule has 2 N–H and O–H groups in total. The van der Waals surface area contributed by atoms with Crippen molar-refractivity contribution in [2.45, 2.75) is 20.8 Å². The molecular formula is C26H22ClN3O3. The molecule has 0 bridgehead atoms. The Morgan fingerprint density at radius 1 is 0.848 bits per heavy atom. The van der Waals surface area contributed by atoms with E-state index in [0.717, 1.165) is 27.3 Å². The Hall–Kier alpha value is -3.90. The number of benzene rings is 3. The molecule has 33 heavy (non-hydrogen) atoms. The number of hydrogen-bond donors (Lipinski definition) is 2. The average molecular weight is 460 g/mol. The van der Waals surface area contributed by atoms with Crippen molar-refractivity contribution in [1.29, 1.82) is 0 Å². The number of aryl methyl sites for hydroxylation is 2. The predicted molar refractivity (Wildman–Crippen MR) is 130 cm³/mol. The van der Waals surface area contributed by atoms with E-state index in [2.05, 4.69) is 10.6 Å². The summed E-state index contributed by atoms with van der Waals surface area (Å²) >= 11 is 6.19. The van der Waals surface area contributed by atoms with Gasteiger partial charge < -0.3 is 10.6 Å². The van der Waals surface area contributed by atoms with Crippen LogP contribution in [-0.2, 0) is 9.59 Å². The van der Waals surface area contributed by atoms with Gasteiger partial charge in [0.15, 0.2) is 0 Å². The van der Waals surface area contributed by atoms with Crippen LogP contribution in [0.5, 0.6) is 0 Å². The zero-order chi connectivity index (χ0) is 23.7. The number of carbonyl (C=O) groups is 3. The molecule has 0 radical (unpaired) electrons. The van der Waals surface area contributed by atoms with Gasteiger partial charge in [0.2, 0.25) is 0 Å². The molecule has 6 nitrogen and oxygen atoms in total. The summed E-state index contributed by atoms with van der Waals surface area (Å²) in [6, 6.07) is 19.3. The van der Waals surface area contributed by atoms with Crippen LogP contribution in [0.15, 0.2) is 77.5 Å². The predicted octanol–water partition coefficient (Wildman–Crippen LogP) is 5.30. The van der Waals surface area contributed by atoms with Crippen LogP contribution in [0.2, 0.25) is 0 Å². The molecule has 3 aromatic rings. The molecule has 3 amide bonds. The number of nitrogens with zero attached hydrogens (tertiary/aromatic N) is 1. The third kappa shape index (κ3) is 4.38. The molecule has 0 saturated carbocycles. The molecule has 0 fully saturated rings. The maximum Gasteiger partial charge on any atom is 0.283 e. The van der Waals surface area contributed by atoms with Crippen LogP contribution in [0, 0.1) is 20.8 Å². The minimum absolute atomic E-state index is 0.00479. The highest BCUT2D eigenvalue weighted by Gasteiger charge is 2.38. The first-order chi connectivity index (χ1) is 15.8. The number of rotatable bonds is 5. The van der Waals surface area contributed by atoms with Crippen molar-refractivity contribution >= 4 is 46.4 Å². The minimum atomic E-state index is -0.586. The molecule has 1 aliphatic rings. The Bertz CT molecular complexity index is 1300. The number of anilines is 3. The molecular weight excluding hydrogens is 438 g/mol. The maximum atomic E-state index is 12.9. The minimum Gasteiger partial charge on any atom is -0.350 e. The van der Waals surface area contributed by atoms with Crippen LogP contribution in [0.1, 0.15) is 27.0 Å². The molecule has 1 aliphatic heterocycles. The molecule has 0 unspecified atom stereocenters. The second-order valence-corrected chi connectivity index (χ2v) is 8.25. The van der Waals surface area contributed by atoms with Crippen molar-refractivity contribution in [3.05, 3.63) is 99.7 Å². The summed E-state index contributed by atoms with van der Waals surface area (Å²) in [4.78, 5) is 39.2. The topological polar surface area (TPSA) is 78.5 Å². The van der Waals surface area contributed by atoms with Gasteiger partial charge in [0.1, 0.15) is 10.7 Å². The van der Waals surface area contributed by atoms with E-state index in [0.29, 0.717) is 16.9 Å². The van der Waals surface area contributed by atoms with Gasteiger partial charge in [-0.3, -0.25) is 14.4 Å². The summed E-state index contributed by atoms with van der Waals surface area (Å²) in [5.74, 6) is -1.37. The fraction of sp³-hybridized carbons (Fsp3) is 0.115. The first kappa shape index (κ1) is 22.3. The number of carbonyl (C=O) groups excluding carboxylic acids is 3. The third-order valence-electron chi connectivity index (χ3n) is 5.59. The highest BCUT2D eigenvalue weighted by Crippen LogP contribution is 2.30. The number of nitrogens with one attached hydrogen (secondary N) is 2. The summed E-state index contributed by atoms with van der Waals surface area (Å²) in [6.45, 7) is 5.86. The zero-order valence-corrected chi connectivity index (χ0v) is 19.2. The quantitative estimate of drug-likeness (QED) is 0.507. The Kier molecular flexibility index (Phi) is 6.03. The van der Waals surface area contributed by atoms with Gasteiger partial charge in [-0.05, 0) is 74.4 Å². The molecule has 166 valence electrons. The smallest absolute Gasteiger partial charge is 0.283 e. The van der Waals surface area contributed by atoms with Crippen LogP contribution in [0.3, 0.4) is 0 Å². The molecule has 0 spiro atoms. The first-order valence-electron chi connectivity index (χ1n) is 10.4. The molecule has 1 heterocycles. The van der Waals surface area contributed by atoms with Gasteiger partial charge in [0, 0.05) is 16.9 Å². The van der Waals surface area contributed by atoms with Crippen LogP contribution in [0.4, 0.5) is 17.1 Å². The molecule has 0 aliphatic carbocycles. The highest BCUT2D eigenvalue weighted by molar-refractivity contribution is 6.53. The van der Waals surface area contributed by atoms with Crippen LogP contribution in [-0.4, -0.2) is 17.7 Å². The summed E-state index contributed by atoms with van der Waals surface area (Å²) in [5.41, 5.74) is 5.29. The summed E-state index contributed by atoms with van der Waals surface area (Å²) in [6.07, 6.45) is 0.